The van der Waals surface area contributed by atoms with Crippen molar-refractivity contribution in [2.24, 2.45) is 7.05 Å². The van der Waals surface area contributed by atoms with Gasteiger partial charge >= 0.3 is 5.97 Å². The molecule has 1 aliphatic rings. The maximum atomic E-state index is 12.5. The summed E-state index contributed by atoms with van der Waals surface area (Å²) in [7, 11) is 1.73. The molecule has 6 nitrogen and oxygen atoms in total. The van der Waals surface area contributed by atoms with E-state index in [0.717, 1.165) is 11.1 Å². The smallest absolute Gasteiger partial charge is 0.335 e. The molecule has 2 aromatic rings. The number of carbonyl (C=O) groups is 2. The number of nitrogens with zero attached hydrogens (tertiary/aromatic N) is 3. The minimum Gasteiger partial charge on any atom is -0.478 e. The Hall–Kier alpha value is -2.63. The Kier molecular flexibility index (Phi) is 3.21. The number of carboxylic acid groups (broad SMARTS) is 1. The Morgan fingerprint density at radius 1 is 1.29 bits per heavy atom. The zero-order valence-electron chi connectivity index (χ0n) is 11.6. The third-order valence-electron chi connectivity index (χ3n) is 3.82. The maximum Gasteiger partial charge on any atom is 0.335 e. The number of fused-ring (bicyclic) bond motifs is 1. The van der Waals surface area contributed by atoms with Gasteiger partial charge in [-0.1, -0.05) is 12.1 Å². The summed E-state index contributed by atoms with van der Waals surface area (Å²) in [5.41, 5.74) is 2.60. The van der Waals surface area contributed by atoms with E-state index in [4.69, 9.17) is 0 Å². The number of aromatic nitrogens is 2. The van der Waals surface area contributed by atoms with Crippen LogP contribution >= 0.6 is 0 Å². The molecule has 0 fully saturated rings. The van der Waals surface area contributed by atoms with Gasteiger partial charge in [-0.05, 0) is 29.7 Å². The van der Waals surface area contributed by atoms with Crippen molar-refractivity contribution in [3.8, 4) is 0 Å². The molecule has 1 aromatic carbocycles. The fourth-order valence-corrected chi connectivity index (χ4v) is 2.73. The standard InChI is InChI=1S/C15H15N3O3/c1-17-13(5-7-16-17)14(19)18-8-6-11-10(9-18)3-2-4-12(11)15(20)21/h2-5,7H,6,8-9H2,1H3,(H,20,21). The number of carboxylic acids is 1. The van der Waals surface area contributed by atoms with Crippen LogP contribution in [-0.4, -0.2) is 38.2 Å². The summed E-state index contributed by atoms with van der Waals surface area (Å²) in [6.07, 6.45) is 2.15. The highest BCUT2D eigenvalue weighted by atomic mass is 16.4. The van der Waals surface area contributed by atoms with Crippen LogP contribution in [0.25, 0.3) is 0 Å². The van der Waals surface area contributed by atoms with Crippen LogP contribution in [0, 0.1) is 0 Å². The Labute approximate surface area is 121 Å². The molecule has 6 heteroatoms. The molecule has 0 unspecified atom stereocenters. The highest BCUT2D eigenvalue weighted by Gasteiger charge is 2.26. The lowest BCUT2D eigenvalue weighted by Gasteiger charge is -2.29. The van der Waals surface area contributed by atoms with Crippen LogP contribution in [0.1, 0.15) is 32.0 Å². The van der Waals surface area contributed by atoms with Gasteiger partial charge in [-0.3, -0.25) is 9.48 Å². The van der Waals surface area contributed by atoms with Crippen LogP contribution in [0.4, 0.5) is 0 Å². The third kappa shape index (κ3) is 2.29. The molecule has 1 aliphatic heterocycles. The molecule has 1 N–H and O–H groups in total. The van der Waals surface area contributed by atoms with Gasteiger partial charge in [0.2, 0.25) is 0 Å². The second kappa shape index (κ2) is 5.05. The average Bonchev–Trinajstić information content (AvgIpc) is 2.91. The van der Waals surface area contributed by atoms with Gasteiger partial charge in [-0.2, -0.15) is 5.10 Å². The van der Waals surface area contributed by atoms with E-state index in [1.165, 1.54) is 0 Å². The van der Waals surface area contributed by atoms with Crippen molar-refractivity contribution in [1.29, 1.82) is 0 Å². The van der Waals surface area contributed by atoms with Crippen LogP contribution in [-0.2, 0) is 20.0 Å². The first-order chi connectivity index (χ1) is 10.1. The molecule has 0 bridgehead atoms. The van der Waals surface area contributed by atoms with Crippen molar-refractivity contribution < 1.29 is 14.7 Å². The van der Waals surface area contributed by atoms with Crippen LogP contribution < -0.4 is 0 Å². The van der Waals surface area contributed by atoms with Crippen molar-refractivity contribution in [3.63, 3.8) is 0 Å². The van der Waals surface area contributed by atoms with Gasteiger partial charge in [0.1, 0.15) is 5.69 Å². The summed E-state index contributed by atoms with van der Waals surface area (Å²) in [6.45, 7) is 0.946. The summed E-state index contributed by atoms with van der Waals surface area (Å²) < 4.78 is 1.55. The predicted molar refractivity (Wildman–Crippen MR) is 75.1 cm³/mol. The van der Waals surface area contributed by atoms with E-state index >= 15 is 0 Å². The topological polar surface area (TPSA) is 75.4 Å². The first-order valence-electron chi connectivity index (χ1n) is 6.69. The molecule has 0 spiro atoms. The number of rotatable bonds is 2. The maximum absolute atomic E-state index is 12.5. The molecule has 0 aliphatic carbocycles. The largest absolute Gasteiger partial charge is 0.478 e. The van der Waals surface area contributed by atoms with Crippen LogP contribution in [0.15, 0.2) is 30.5 Å². The zero-order chi connectivity index (χ0) is 15.0. The zero-order valence-corrected chi connectivity index (χ0v) is 11.6. The van der Waals surface area contributed by atoms with E-state index in [1.807, 2.05) is 6.07 Å². The lowest BCUT2D eigenvalue weighted by molar-refractivity contribution is 0.0694. The molecule has 1 amide bonds. The van der Waals surface area contributed by atoms with Crippen molar-refractivity contribution in [2.75, 3.05) is 6.54 Å². The summed E-state index contributed by atoms with van der Waals surface area (Å²) in [6, 6.07) is 6.90. The van der Waals surface area contributed by atoms with E-state index in [-0.39, 0.29) is 5.91 Å². The van der Waals surface area contributed by atoms with E-state index in [9.17, 15) is 14.7 Å². The van der Waals surface area contributed by atoms with Gasteiger partial charge in [-0.15, -0.1) is 0 Å². The molecule has 2 heterocycles. The third-order valence-corrected chi connectivity index (χ3v) is 3.82. The van der Waals surface area contributed by atoms with Gasteiger partial charge in [0, 0.05) is 26.3 Å². The van der Waals surface area contributed by atoms with Gasteiger partial charge in [0.15, 0.2) is 0 Å². The number of hydrogen-bond acceptors (Lipinski definition) is 3. The highest BCUT2D eigenvalue weighted by Crippen LogP contribution is 2.23. The fraction of sp³-hybridized carbons (Fsp3) is 0.267. The predicted octanol–water partition coefficient (Wildman–Crippen LogP) is 1.32. The number of aryl methyl sites for hydroxylation is 1. The Morgan fingerprint density at radius 2 is 2.10 bits per heavy atom. The normalized spacial score (nSPS) is 13.9. The number of hydrogen-bond donors (Lipinski definition) is 1. The van der Waals surface area contributed by atoms with E-state index < -0.39 is 5.97 Å². The molecular formula is C15H15N3O3. The second-order valence-corrected chi connectivity index (χ2v) is 5.07. The minimum absolute atomic E-state index is 0.0821. The van der Waals surface area contributed by atoms with Gasteiger partial charge in [0.25, 0.3) is 5.91 Å². The van der Waals surface area contributed by atoms with Gasteiger partial charge < -0.3 is 10.0 Å². The SMILES string of the molecule is Cn1nccc1C(=O)N1CCc2c(cccc2C(=O)O)C1. The van der Waals surface area contributed by atoms with E-state index in [1.54, 1.807) is 41.0 Å². The molecule has 0 saturated carbocycles. The summed E-state index contributed by atoms with van der Waals surface area (Å²) in [5.74, 6) is -1.00. The van der Waals surface area contributed by atoms with Crippen molar-refractivity contribution in [1.82, 2.24) is 14.7 Å². The van der Waals surface area contributed by atoms with Gasteiger partial charge in [0.05, 0.1) is 5.56 Å². The summed E-state index contributed by atoms with van der Waals surface area (Å²) in [4.78, 5) is 25.4. The molecule has 0 radical (unpaired) electrons. The molecular weight excluding hydrogens is 270 g/mol. The monoisotopic (exact) mass is 285 g/mol. The van der Waals surface area contributed by atoms with Crippen molar-refractivity contribution >= 4 is 11.9 Å². The molecule has 0 saturated heterocycles. The van der Waals surface area contributed by atoms with Crippen molar-refractivity contribution in [2.45, 2.75) is 13.0 Å². The number of aromatic carboxylic acids is 1. The van der Waals surface area contributed by atoms with Crippen molar-refractivity contribution in [3.05, 3.63) is 52.8 Å². The lowest BCUT2D eigenvalue weighted by Crippen LogP contribution is -2.37. The molecule has 108 valence electrons. The Morgan fingerprint density at radius 3 is 2.76 bits per heavy atom. The molecule has 21 heavy (non-hydrogen) atoms. The van der Waals surface area contributed by atoms with Crippen LogP contribution in [0.5, 0.6) is 0 Å². The lowest BCUT2D eigenvalue weighted by atomic mass is 9.94. The van der Waals surface area contributed by atoms with Crippen LogP contribution in [0.3, 0.4) is 0 Å². The minimum atomic E-state index is -0.918. The average molecular weight is 285 g/mol. The number of carbonyl (C=O) groups excluding carboxylic acids is 1. The quantitative estimate of drug-likeness (QED) is 0.903. The molecule has 0 atom stereocenters. The Balaban J connectivity index is 1.89. The van der Waals surface area contributed by atoms with Crippen LogP contribution in [0.2, 0.25) is 0 Å². The Bertz CT molecular complexity index is 721. The number of amides is 1. The fourth-order valence-electron chi connectivity index (χ4n) is 2.73. The molecule has 3 rings (SSSR count). The summed E-state index contributed by atoms with van der Waals surface area (Å²) >= 11 is 0. The highest BCUT2D eigenvalue weighted by molar-refractivity contribution is 5.93. The first kappa shape index (κ1) is 13.4. The van der Waals surface area contributed by atoms with Gasteiger partial charge in [-0.25, -0.2) is 4.79 Å². The summed E-state index contributed by atoms with van der Waals surface area (Å²) in [5, 5.41) is 13.2. The molecule has 1 aromatic heterocycles. The van der Waals surface area contributed by atoms with E-state index in [2.05, 4.69) is 5.10 Å². The second-order valence-electron chi connectivity index (χ2n) is 5.07. The number of benzene rings is 1. The first-order valence-corrected chi connectivity index (χ1v) is 6.69. The van der Waals surface area contributed by atoms with E-state index in [0.29, 0.717) is 30.8 Å².